The summed E-state index contributed by atoms with van der Waals surface area (Å²) >= 11 is 0. The van der Waals surface area contributed by atoms with Crippen LogP contribution in [0.1, 0.15) is 97.3 Å². The molecular weight excluding hydrogens is 1910 g/mol. The van der Waals surface area contributed by atoms with Crippen LogP contribution in [0.15, 0.2) is 269 Å². The molecule has 0 spiro atoms. The second-order valence-corrected chi connectivity index (χ2v) is 34.1. The Morgan fingerprint density at radius 1 is 0.367 bits per heavy atom. The van der Waals surface area contributed by atoms with Crippen molar-refractivity contribution in [2.75, 3.05) is 14.1 Å². The number of likely N-dealkylation sites (N-methyl/N-ethyl adjacent to an activating group) is 1. The summed E-state index contributed by atoms with van der Waals surface area (Å²) in [5.41, 5.74) is 23.8. The Hall–Kier alpha value is -18.5. The van der Waals surface area contributed by atoms with Crippen LogP contribution in [0.25, 0.3) is 138 Å². The van der Waals surface area contributed by atoms with E-state index in [9.17, 15) is 73.0 Å². The highest BCUT2D eigenvalue weighted by Crippen LogP contribution is 2.38. The predicted octanol–water partition coefficient (Wildman–Crippen LogP) is 19.8. The number of aromatic nitrogens is 21. The largest absolute Gasteiger partial charge is 0.478 e. The fourth-order valence-corrected chi connectivity index (χ4v) is 14.8. The summed E-state index contributed by atoms with van der Waals surface area (Å²) in [6.45, 7) is 16.2. The average molecular weight is 2010 g/mol. The number of nitrogens with zero attached hydrogens (tertiary/aromatic N) is 22. The number of nitrogens with two attached hydrogens (primary N) is 2. The molecule has 0 bridgehead atoms. The number of primary amides is 2. The zero-order valence-corrected chi connectivity index (χ0v) is 81.0. The number of aryl methyl sites for hydroxylation is 9. The molecule has 0 aliphatic carbocycles. The number of carbonyl (C=O) groups is 5. The first-order valence-corrected chi connectivity index (χ1v) is 44.6. The van der Waals surface area contributed by atoms with Crippen molar-refractivity contribution in [2.24, 2.45) is 25.6 Å². The Kier molecular flexibility index (Phi) is 33.2. The van der Waals surface area contributed by atoms with Crippen LogP contribution in [0.5, 0.6) is 0 Å². The first-order valence-electron chi connectivity index (χ1n) is 44.6. The number of pyridine rings is 2. The van der Waals surface area contributed by atoms with Gasteiger partial charge in [0.1, 0.15) is 37.5 Å². The number of hydrogen-bond donors (Lipinski definition) is 3. The number of alkyl halides is 9. The lowest BCUT2D eigenvalue weighted by atomic mass is 10.00. The molecule has 8 aromatic carbocycles. The molecule has 0 atom stereocenters. The molecule has 41 heteroatoms. The van der Waals surface area contributed by atoms with E-state index in [-0.39, 0.29) is 62.9 Å². The third-order valence-corrected chi connectivity index (χ3v) is 21.3. The van der Waals surface area contributed by atoms with E-state index in [0.29, 0.717) is 72.9 Å². The zero-order valence-electron chi connectivity index (χ0n) is 81.0. The Labute approximate surface area is 834 Å². The maximum absolute atomic E-state index is 14.8. The number of amides is 3. The molecule has 3 amide bonds. The van der Waals surface area contributed by atoms with E-state index in [1.54, 1.807) is 143 Å². The molecule has 5 N–H and O–H groups in total. The molecule has 0 fully saturated rings. The van der Waals surface area contributed by atoms with Crippen molar-refractivity contribution in [3.8, 4) is 79.2 Å². The van der Waals surface area contributed by atoms with Crippen LogP contribution in [0.2, 0.25) is 0 Å². The number of halogens is 10. The second-order valence-electron chi connectivity index (χ2n) is 34.1. The van der Waals surface area contributed by atoms with Crippen LogP contribution in [-0.4, -0.2) is 163 Å². The number of ether oxygens (including phenoxy) is 1. The minimum absolute atomic E-state index is 0.0522. The van der Waals surface area contributed by atoms with Gasteiger partial charge in [-0.1, -0.05) is 113 Å². The van der Waals surface area contributed by atoms with Gasteiger partial charge < -0.3 is 26.2 Å². The van der Waals surface area contributed by atoms with Gasteiger partial charge in [-0.05, 0) is 204 Å². The van der Waals surface area contributed by atoms with E-state index in [2.05, 4.69) is 82.7 Å². The van der Waals surface area contributed by atoms with Crippen molar-refractivity contribution in [1.29, 1.82) is 0 Å². The number of carboxylic acid groups (broad SMARTS) is 1. The Bertz CT molecular complexity index is 7780. The molecule has 17 aromatic rings. The van der Waals surface area contributed by atoms with E-state index in [0.717, 1.165) is 91.2 Å². The fourth-order valence-electron chi connectivity index (χ4n) is 14.8. The maximum atomic E-state index is 14.8. The first kappa shape index (κ1) is 106. The smallest absolute Gasteiger partial charge is 0.416 e. The van der Waals surface area contributed by atoms with Gasteiger partial charge in [-0.3, -0.25) is 33.7 Å². The standard InChI is InChI=1S/C25H21FN4O.C24H21N5O.C20H20F3N5O2.C20H18F3N5O.C17H14F3N5O2/c1-16-10-17(2)12-20(11-16)25-28-15-30(29-25)14-22(24(27)31)19-8-9-21(23(26)13-19)18-6-4-3-5-7-18;1-16-10-17(2)12-21(11-16)24-27-15-29(28-24)14-22(23(25)30)19-7-5-18(6-8-19)20-4-3-9-26-13-20;1-12(2)30-19(29)17(15-8-25-27(4)9-15)10-28-11-24-18(26-28)14-5-13(3)6-16(7-14)20(21,22)23;1-13-7-15(9-16(8-13)20(21,22)23)18-25-12-28(26-18)11-17(19(29)27(2)3)14-5-4-6-24-10-14;1-10-3-11(5-13(4-10)17(18,19)20)15-21-9-25(23-15)8-14(16(26)27)12-6-22-24(2)7-12/h3-15H,1-2H3,(H2,27,31);3-15H,1-2H3,(H2,25,30);5-12H,1-4H3;4-12H,1-3H3;3-9H,1-2H3,(H,26,27)/b2*22-14+;17-10+;17-11+;14-8+. The molecule has 17 rings (SSSR count). The number of rotatable bonds is 23. The van der Waals surface area contributed by atoms with Crippen molar-refractivity contribution in [1.82, 2.24) is 108 Å². The number of carbonyl (C=O) groups excluding carboxylic acids is 4. The summed E-state index contributed by atoms with van der Waals surface area (Å²) in [6.07, 6.45) is 13.0. The van der Waals surface area contributed by atoms with Crippen LogP contribution in [0, 0.1) is 54.3 Å². The Morgan fingerprint density at radius 3 is 1.05 bits per heavy atom. The lowest BCUT2D eigenvalue weighted by Gasteiger charge is -2.13. The molecule has 0 unspecified atom stereocenters. The fraction of sp³-hybridized carbons (Fsp3) is 0.160. The highest BCUT2D eigenvalue weighted by molar-refractivity contribution is 6.24. The van der Waals surface area contributed by atoms with Crippen LogP contribution < -0.4 is 11.5 Å². The van der Waals surface area contributed by atoms with Crippen molar-refractivity contribution in [3.05, 3.63) is 359 Å². The first-order chi connectivity index (χ1) is 69.7. The van der Waals surface area contributed by atoms with E-state index < -0.39 is 64.8 Å². The summed E-state index contributed by atoms with van der Waals surface area (Å²) in [6, 6.07) is 51.7. The lowest BCUT2D eigenvalue weighted by Crippen LogP contribution is -2.23. The molecule has 0 radical (unpaired) electrons. The van der Waals surface area contributed by atoms with Gasteiger partial charge in [0.15, 0.2) is 29.1 Å². The van der Waals surface area contributed by atoms with E-state index in [1.807, 2.05) is 119 Å². The molecular formula is C106H94F10N24O7. The van der Waals surface area contributed by atoms with Gasteiger partial charge in [0, 0.05) is 146 Å². The van der Waals surface area contributed by atoms with Crippen molar-refractivity contribution in [2.45, 2.75) is 86.9 Å². The Morgan fingerprint density at radius 2 is 0.714 bits per heavy atom. The SMILES string of the molecule is Cc1cc(-c2ncn(/C=C(/C(=O)N(C)C)c3cccnc3)n2)cc(C(F)(F)F)c1.Cc1cc(-c2ncn(/C=C(/C(=O)O)c3cnn(C)c3)n2)cc(C(F)(F)F)c1.Cc1cc(-c2ncn(/C=C(/C(=O)OC(C)C)c3cnn(C)c3)n2)cc(C(F)(F)F)c1.Cc1cc(C)cc(-c2ncn(/C=C(/C(N)=O)c3ccc(-c4ccccc4)c(F)c3)n2)c1.Cc1cc(C)cc(-c2ncn(/C=C(/C(N)=O)c3ccc(-c4cccnc4)cc3)n2)c1. The molecule has 0 aliphatic rings. The van der Waals surface area contributed by atoms with Gasteiger partial charge in [-0.25, -0.2) is 62.3 Å². The van der Waals surface area contributed by atoms with Crippen molar-refractivity contribution < 1.29 is 77.7 Å². The summed E-state index contributed by atoms with van der Waals surface area (Å²) in [5, 5.41) is 38.8. The highest BCUT2D eigenvalue weighted by Gasteiger charge is 2.35. The minimum Gasteiger partial charge on any atom is -0.478 e. The van der Waals surface area contributed by atoms with Gasteiger partial charge >= 0.3 is 30.5 Å². The highest BCUT2D eigenvalue weighted by atomic mass is 19.4. The van der Waals surface area contributed by atoms with E-state index >= 15 is 0 Å². The summed E-state index contributed by atoms with van der Waals surface area (Å²) in [7, 11) is 6.58. The zero-order chi connectivity index (χ0) is 106. The van der Waals surface area contributed by atoms with E-state index in [1.165, 1.54) is 114 Å². The predicted molar refractivity (Wildman–Crippen MR) is 534 cm³/mol. The monoisotopic (exact) mass is 2000 g/mol. The quantitative estimate of drug-likeness (QED) is 0.0304. The van der Waals surface area contributed by atoms with Crippen LogP contribution >= 0.6 is 0 Å². The number of esters is 1. The number of aliphatic carboxylic acids is 1. The van der Waals surface area contributed by atoms with Gasteiger partial charge in [-0.2, -0.15) is 49.7 Å². The van der Waals surface area contributed by atoms with Crippen LogP contribution in [-0.2, 0) is 61.3 Å². The van der Waals surface area contributed by atoms with Crippen molar-refractivity contribution >= 4 is 88.5 Å². The molecule has 750 valence electrons. The van der Waals surface area contributed by atoms with Gasteiger partial charge in [-0.15, -0.1) is 25.5 Å². The molecule has 0 aliphatic heterocycles. The number of carboxylic acids is 1. The minimum atomic E-state index is -4.49. The molecule has 31 nitrogen and oxygen atoms in total. The summed E-state index contributed by atoms with van der Waals surface area (Å²) < 4.78 is 147. The molecule has 9 heterocycles. The van der Waals surface area contributed by atoms with E-state index in [4.69, 9.17) is 16.2 Å². The molecule has 147 heavy (non-hydrogen) atoms. The van der Waals surface area contributed by atoms with Gasteiger partial charge in [0.25, 0.3) is 17.7 Å². The normalized spacial score (nSPS) is 12.0. The maximum Gasteiger partial charge on any atom is 0.416 e. The average Bonchev–Trinajstić information content (AvgIpc) is 1.77. The third-order valence-electron chi connectivity index (χ3n) is 21.3. The molecule has 0 saturated heterocycles. The third kappa shape index (κ3) is 28.5. The number of benzene rings is 8. The number of hydrogen-bond acceptors (Lipinski definition) is 20. The Balaban J connectivity index is 0.000000154. The van der Waals surface area contributed by atoms with Crippen LogP contribution in [0.4, 0.5) is 43.9 Å². The summed E-state index contributed by atoms with van der Waals surface area (Å²) in [4.78, 5) is 91.3. The lowest BCUT2D eigenvalue weighted by molar-refractivity contribution is -0.140. The van der Waals surface area contributed by atoms with Crippen molar-refractivity contribution in [3.63, 3.8) is 0 Å². The topological polar surface area (TPSA) is 385 Å². The van der Waals surface area contributed by atoms with Gasteiger partial charge in [0.2, 0.25) is 0 Å². The van der Waals surface area contributed by atoms with Crippen LogP contribution in [0.3, 0.4) is 0 Å². The second kappa shape index (κ2) is 46.1. The molecule has 9 aromatic heterocycles. The van der Waals surface area contributed by atoms with Gasteiger partial charge in [0.05, 0.1) is 63.1 Å². The molecule has 0 saturated carbocycles. The summed E-state index contributed by atoms with van der Waals surface area (Å²) in [5.74, 6) is -2.32.